The zero-order chi connectivity index (χ0) is 14.4. The van der Waals surface area contributed by atoms with Gasteiger partial charge in [-0.2, -0.15) is 11.3 Å². The van der Waals surface area contributed by atoms with Crippen molar-refractivity contribution in [2.45, 2.75) is 25.8 Å². The highest BCUT2D eigenvalue weighted by atomic mass is 32.1. The van der Waals surface area contributed by atoms with Crippen LogP contribution >= 0.6 is 11.3 Å². The molecule has 6 heteroatoms. The minimum atomic E-state index is -0.522. The van der Waals surface area contributed by atoms with Crippen LogP contribution < -0.4 is 10.6 Å². The summed E-state index contributed by atoms with van der Waals surface area (Å²) in [5, 5.41) is 9.49. The van der Waals surface area contributed by atoms with E-state index in [9.17, 15) is 9.59 Å². The molecule has 0 saturated carbocycles. The lowest BCUT2D eigenvalue weighted by molar-refractivity contribution is -0.130. The maximum absolute atomic E-state index is 11.7. The predicted molar refractivity (Wildman–Crippen MR) is 77.4 cm³/mol. The molecule has 0 spiro atoms. The molecule has 1 heterocycles. The molecular weight excluding hydrogens is 262 g/mol. The number of urea groups is 1. The summed E-state index contributed by atoms with van der Waals surface area (Å²) in [7, 11) is 3.33. The number of hydrogen-bond donors (Lipinski definition) is 2. The molecule has 1 aromatic rings. The number of carbonyl (C=O) groups excluding carboxylic acids is 2. The molecule has 0 aliphatic rings. The summed E-state index contributed by atoms with van der Waals surface area (Å²) in [6.07, 6.45) is 0. The number of hydrogen-bond acceptors (Lipinski definition) is 3. The van der Waals surface area contributed by atoms with Crippen molar-refractivity contribution >= 4 is 23.3 Å². The fourth-order valence-electron chi connectivity index (χ4n) is 1.62. The summed E-state index contributed by atoms with van der Waals surface area (Å²) in [5.74, 6) is 0.137. The van der Waals surface area contributed by atoms with E-state index in [1.165, 1.54) is 10.5 Å². The highest BCUT2D eigenvalue weighted by Crippen LogP contribution is 2.16. The molecule has 0 aliphatic heterocycles. The van der Waals surface area contributed by atoms with E-state index in [0.29, 0.717) is 6.54 Å². The molecule has 1 aromatic heterocycles. The number of nitrogens with one attached hydrogen (secondary N) is 2. The standard InChI is InChI=1S/C13H21N3O2S/c1-9(11-5-6-19-8-11)7-14-13(18)15-10(2)12(17)16(3)4/h5-6,8-10H,7H2,1-4H3,(H2,14,15,18)/t9-,10-/m0/s1. The molecule has 0 unspecified atom stereocenters. The average Bonchev–Trinajstić information content (AvgIpc) is 2.88. The minimum absolute atomic E-state index is 0.124. The van der Waals surface area contributed by atoms with Crippen LogP contribution in [-0.2, 0) is 4.79 Å². The number of thiophene rings is 1. The Morgan fingerprint density at radius 3 is 2.58 bits per heavy atom. The van der Waals surface area contributed by atoms with Gasteiger partial charge in [0.1, 0.15) is 6.04 Å². The van der Waals surface area contributed by atoms with Crippen LogP contribution in [0.2, 0.25) is 0 Å². The molecule has 0 radical (unpaired) electrons. The van der Waals surface area contributed by atoms with E-state index in [-0.39, 0.29) is 17.9 Å². The maximum atomic E-state index is 11.7. The average molecular weight is 283 g/mol. The van der Waals surface area contributed by atoms with Gasteiger partial charge in [0, 0.05) is 20.6 Å². The number of amides is 3. The molecule has 3 amide bonds. The van der Waals surface area contributed by atoms with Crippen LogP contribution in [-0.4, -0.2) is 43.5 Å². The third kappa shape index (κ3) is 4.90. The molecule has 2 N–H and O–H groups in total. The predicted octanol–water partition coefficient (Wildman–Crippen LogP) is 1.63. The fourth-order valence-corrected chi connectivity index (χ4v) is 2.40. The Hall–Kier alpha value is -1.56. The van der Waals surface area contributed by atoms with Gasteiger partial charge in [0.15, 0.2) is 0 Å². The van der Waals surface area contributed by atoms with E-state index >= 15 is 0 Å². The van der Waals surface area contributed by atoms with Crippen LogP contribution in [0.3, 0.4) is 0 Å². The van der Waals surface area contributed by atoms with Gasteiger partial charge in [-0.05, 0) is 35.2 Å². The molecule has 1 rings (SSSR count). The number of carbonyl (C=O) groups is 2. The molecule has 0 aliphatic carbocycles. The van der Waals surface area contributed by atoms with Crippen molar-refractivity contribution in [1.82, 2.24) is 15.5 Å². The first-order valence-corrected chi connectivity index (χ1v) is 7.13. The molecule has 2 atom stereocenters. The Kier molecular flexibility index (Phi) is 5.82. The van der Waals surface area contributed by atoms with Crippen LogP contribution in [0.5, 0.6) is 0 Å². The van der Waals surface area contributed by atoms with Crippen molar-refractivity contribution < 1.29 is 9.59 Å². The zero-order valence-electron chi connectivity index (χ0n) is 11.8. The third-order valence-corrected chi connectivity index (χ3v) is 3.54. The van der Waals surface area contributed by atoms with Gasteiger partial charge in [0.2, 0.25) is 5.91 Å². The van der Waals surface area contributed by atoms with Crippen molar-refractivity contribution in [3.8, 4) is 0 Å². The molecule has 0 bridgehead atoms. The van der Waals surface area contributed by atoms with Gasteiger partial charge in [0.05, 0.1) is 0 Å². The van der Waals surface area contributed by atoms with Gasteiger partial charge in [-0.3, -0.25) is 4.79 Å². The van der Waals surface area contributed by atoms with E-state index in [4.69, 9.17) is 0 Å². The maximum Gasteiger partial charge on any atom is 0.315 e. The van der Waals surface area contributed by atoms with Gasteiger partial charge in [-0.25, -0.2) is 4.79 Å². The van der Waals surface area contributed by atoms with E-state index in [1.807, 2.05) is 11.4 Å². The van der Waals surface area contributed by atoms with Gasteiger partial charge in [-0.15, -0.1) is 0 Å². The molecular formula is C13H21N3O2S. The molecule has 19 heavy (non-hydrogen) atoms. The van der Waals surface area contributed by atoms with Crippen LogP contribution in [0.1, 0.15) is 25.3 Å². The number of rotatable bonds is 5. The van der Waals surface area contributed by atoms with Crippen molar-refractivity contribution in [3.05, 3.63) is 22.4 Å². The molecule has 0 saturated heterocycles. The normalized spacial score (nSPS) is 13.5. The van der Waals surface area contributed by atoms with Crippen molar-refractivity contribution in [2.24, 2.45) is 0 Å². The molecule has 0 aromatic carbocycles. The van der Waals surface area contributed by atoms with E-state index < -0.39 is 6.04 Å². The summed E-state index contributed by atoms with van der Waals surface area (Å²) in [4.78, 5) is 24.7. The monoisotopic (exact) mass is 283 g/mol. The largest absolute Gasteiger partial charge is 0.347 e. The molecule has 5 nitrogen and oxygen atoms in total. The second-order valence-electron chi connectivity index (χ2n) is 4.77. The summed E-state index contributed by atoms with van der Waals surface area (Å²) in [6.45, 7) is 4.27. The Morgan fingerprint density at radius 1 is 1.37 bits per heavy atom. The Morgan fingerprint density at radius 2 is 2.05 bits per heavy atom. The van der Waals surface area contributed by atoms with E-state index in [0.717, 1.165) is 0 Å². The first kappa shape index (κ1) is 15.5. The van der Waals surface area contributed by atoms with Crippen LogP contribution in [0.25, 0.3) is 0 Å². The van der Waals surface area contributed by atoms with Crippen molar-refractivity contribution in [1.29, 1.82) is 0 Å². The van der Waals surface area contributed by atoms with Crippen LogP contribution in [0, 0.1) is 0 Å². The summed E-state index contributed by atoms with van der Waals surface area (Å²) >= 11 is 1.64. The highest BCUT2D eigenvalue weighted by Gasteiger charge is 2.17. The van der Waals surface area contributed by atoms with E-state index in [1.54, 1.807) is 32.4 Å². The highest BCUT2D eigenvalue weighted by molar-refractivity contribution is 7.07. The van der Waals surface area contributed by atoms with Gasteiger partial charge >= 0.3 is 6.03 Å². The van der Waals surface area contributed by atoms with Crippen LogP contribution in [0.4, 0.5) is 4.79 Å². The van der Waals surface area contributed by atoms with Crippen molar-refractivity contribution in [2.75, 3.05) is 20.6 Å². The Balaban J connectivity index is 2.34. The van der Waals surface area contributed by atoms with Gasteiger partial charge < -0.3 is 15.5 Å². The lowest BCUT2D eigenvalue weighted by Crippen LogP contribution is -2.48. The zero-order valence-corrected chi connectivity index (χ0v) is 12.6. The summed E-state index contributed by atoms with van der Waals surface area (Å²) < 4.78 is 0. The quantitative estimate of drug-likeness (QED) is 0.863. The Labute approximate surface area is 118 Å². The first-order valence-electron chi connectivity index (χ1n) is 6.19. The first-order chi connectivity index (χ1) is 8.91. The van der Waals surface area contributed by atoms with Gasteiger partial charge in [0.25, 0.3) is 0 Å². The molecule has 106 valence electrons. The molecule has 0 fully saturated rings. The van der Waals surface area contributed by atoms with Crippen molar-refractivity contribution in [3.63, 3.8) is 0 Å². The summed E-state index contributed by atoms with van der Waals surface area (Å²) in [6, 6.07) is 1.21. The van der Waals surface area contributed by atoms with E-state index in [2.05, 4.69) is 22.9 Å². The smallest absolute Gasteiger partial charge is 0.315 e. The third-order valence-electron chi connectivity index (χ3n) is 2.84. The number of nitrogens with zero attached hydrogens (tertiary/aromatic N) is 1. The van der Waals surface area contributed by atoms with Gasteiger partial charge in [-0.1, -0.05) is 6.92 Å². The lowest BCUT2D eigenvalue weighted by atomic mass is 10.1. The lowest BCUT2D eigenvalue weighted by Gasteiger charge is -2.19. The second-order valence-corrected chi connectivity index (χ2v) is 5.55. The fraction of sp³-hybridized carbons (Fsp3) is 0.538. The minimum Gasteiger partial charge on any atom is -0.347 e. The topological polar surface area (TPSA) is 61.4 Å². The second kappa shape index (κ2) is 7.13. The number of likely N-dealkylation sites (N-methyl/N-ethyl adjacent to an activating group) is 1. The summed E-state index contributed by atoms with van der Waals surface area (Å²) in [5.41, 5.74) is 1.21. The SMILES string of the molecule is C[C@H](NC(=O)NC[C@H](C)c1ccsc1)C(=O)N(C)C. The Bertz CT molecular complexity index is 418. The van der Waals surface area contributed by atoms with Crippen LogP contribution in [0.15, 0.2) is 16.8 Å².